The fraction of sp³-hybridized carbons (Fsp3) is 0.533. The Morgan fingerprint density at radius 1 is 1.45 bits per heavy atom. The van der Waals surface area contributed by atoms with Crippen molar-refractivity contribution >= 4 is 35.6 Å². The second-order valence-electron chi connectivity index (χ2n) is 5.40. The van der Waals surface area contributed by atoms with Crippen molar-refractivity contribution in [3.05, 3.63) is 22.7 Å². The molecule has 0 saturated heterocycles. The van der Waals surface area contributed by atoms with Gasteiger partial charge in [0.25, 0.3) is 5.91 Å². The van der Waals surface area contributed by atoms with Gasteiger partial charge in [-0.2, -0.15) is 0 Å². The fourth-order valence-corrected chi connectivity index (χ4v) is 2.82. The first-order chi connectivity index (χ1) is 10.0. The number of hydrogen-bond acceptors (Lipinski definition) is 4. The summed E-state index contributed by atoms with van der Waals surface area (Å²) in [6, 6.07) is 3.04. The van der Waals surface area contributed by atoms with E-state index in [4.69, 9.17) is 22.1 Å². The van der Waals surface area contributed by atoms with Crippen molar-refractivity contribution in [2.45, 2.75) is 31.8 Å². The Hall–Kier alpha value is -1.17. The van der Waals surface area contributed by atoms with Crippen LogP contribution in [0.1, 0.15) is 36.0 Å². The Labute approximate surface area is 141 Å². The van der Waals surface area contributed by atoms with Gasteiger partial charge in [-0.25, -0.2) is 0 Å². The van der Waals surface area contributed by atoms with E-state index < -0.39 is 0 Å². The van der Waals surface area contributed by atoms with Crippen LogP contribution in [0.2, 0.25) is 5.02 Å². The molecule has 0 radical (unpaired) electrons. The van der Waals surface area contributed by atoms with Gasteiger partial charge in [-0.3, -0.25) is 4.79 Å². The van der Waals surface area contributed by atoms with Gasteiger partial charge in [-0.1, -0.05) is 24.4 Å². The van der Waals surface area contributed by atoms with Crippen LogP contribution in [-0.4, -0.2) is 30.8 Å². The average molecular weight is 349 g/mol. The molecule has 4 N–H and O–H groups in total. The second kappa shape index (κ2) is 8.46. The van der Waals surface area contributed by atoms with Gasteiger partial charge >= 0.3 is 0 Å². The van der Waals surface area contributed by atoms with E-state index >= 15 is 0 Å². The number of carbonyl (C=O) groups is 1. The van der Waals surface area contributed by atoms with E-state index in [9.17, 15) is 9.90 Å². The van der Waals surface area contributed by atoms with E-state index in [0.717, 1.165) is 25.7 Å². The van der Waals surface area contributed by atoms with E-state index in [0.29, 0.717) is 28.6 Å². The molecule has 0 aliphatic heterocycles. The van der Waals surface area contributed by atoms with Crippen LogP contribution in [0.15, 0.2) is 12.1 Å². The zero-order chi connectivity index (χ0) is 15.4. The first kappa shape index (κ1) is 18.9. The number of nitrogens with one attached hydrogen (secondary N) is 1. The summed E-state index contributed by atoms with van der Waals surface area (Å²) in [7, 11) is 1.48. The third-order valence-electron chi connectivity index (χ3n) is 3.96. The third-order valence-corrected chi connectivity index (χ3v) is 4.28. The molecule has 124 valence electrons. The van der Waals surface area contributed by atoms with E-state index in [-0.39, 0.29) is 30.3 Å². The summed E-state index contributed by atoms with van der Waals surface area (Å²) in [5.41, 5.74) is 6.41. The van der Waals surface area contributed by atoms with Crippen LogP contribution in [0.5, 0.6) is 5.75 Å². The highest BCUT2D eigenvalue weighted by molar-refractivity contribution is 6.33. The lowest BCUT2D eigenvalue weighted by atomic mass is 9.86. The fourth-order valence-electron chi connectivity index (χ4n) is 2.66. The number of carbonyl (C=O) groups excluding carboxylic acids is 1. The molecule has 2 rings (SSSR count). The zero-order valence-electron chi connectivity index (χ0n) is 12.5. The van der Waals surface area contributed by atoms with Crippen molar-refractivity contribution in [1.82, 2.24) is 5.32 Å². The minimum absolute atomic E-state index is 0. The maximum absolute atomic E-state index is 12.3. The predicted molar refractivity (Wildman–Crippen MR) is 90.0 cm³/mol. The molecule has 1 amide bonds. The highest BCUT2D eigenvalue weighted by Crippen LogP contribution is 2.29. The van der Waals surface area contributed by atoms with Gasteiger partial charge in [0.15, 0.2) is 0 Å². The predicted octanol–water partition coefficient (Wildman–Crippen LogP) is 2.63. The molecular weight excluding hydrogens is 327 g/mol. The van der Waals surface area contributed by atoms with Crippen LogP contribution in [0, 0.1) is 5.92 Å². The minimum Gasteiger partial charge on any atom is -0.496 e. The molecule has 1 aromatic rings. The third kappa shape index (κ3) is 4.41. The molecule has 1 aromatic carbocycles. The molecule has 0 aromatic heterocycles. The van der Waals surface area contributed by atoms with E-state index in [2.05, 4.69) is 5.32 Å². The molecule has 0 spiro atoms. The molecular formula is C15H22Cl2N2O3. The van der Waals surface area contributed by atoms with Gasteiger partial charge in [0, 0.05) is 18.5 Å². The van der Waals surface area contributed by atoms with Gasteiger partial charge in [0.2, 0.25) is 0 Å². The number of anilines is 1. The van der Waals surface area contributed by atoms with Gasteiger partial charge in [0.1, 0.15) is 5.75 Å². The first-order valence-electron chi connectivity index (χ1n) is 7.12. The molecule has 1 aliphatic carbocycles. The van der Waals surface area contributed by atoms with E-state index in [1.165, 1.54) is 19.2 Å². The van der Waals surface area contributed by atoms with Crippen LogP contribution in [0.4, 0.5) is 5.69 Å². The topological polar surface area (TPSA) is 84.6 Å². The first-order valence-corrected chi connectivity index (χ1v) is 7.50. The summed E-state index contributed by atoms with van der Waals surface area (Å²) >= 11 is 5.96. The van der Waals surface area contributed by atoms with E-state index in [1.807, 2.05) is 0 Å². The van der Waals surface area contributed by atoms with Crippen molar-refractivity contribution in [2.75, 3.05) is 19.4 Å². The standard InChI is InChI=1S/C15H21ClN2O3.ClH/c1-21-14-7-12(17)11(16)6-10(14)15(20)18-8-9-4-2-3-5-13(9)19;/h6-7,9,13,19H,2-5,8,17H2,1H3,(H,18,20);1H. The van der Waals surface area contributed by atoms with Gasteiger partial charge in [0.05, 0.1) is 29.5 Å². The molecule has 0 bridgehead atoms. The van der Waals surface area contributed by atoms with Crippen LogP contribution in [0.25, 0.3) is 0 Å². The number of aliphatic hydroxyl groups is 1. The Bertz CT molecular complexity index is 526. The lowest BCUT2D eigenvalue weighted by molar-refractivity contribution is 0.0662. The van der Waals surface area contributed by atoms with Crippen LogP contribution < -0.4 is 15.8 Å². The maximum Gasteiger partial charge on any atom is 0.255 e. The maximum atomic E-state index is 12.3. The number of rotatable bonds is 4. The van der Waals surface area contributed by atoms with Gasteiger partial charge < -0.3 is 20.9 Å². The number of ether oxygens (including phenoxy) is 1. The Morgan fingerprint density at radius 3 is 2.77 bits per heavy atom. The number of nitrogen functional groups attached to an aromatic ring is 1. The second-order valence-corrected chi connectivity index (χ2v) is 5.80. The van der Waals surface area contributed by atoms with Crippen LogP contribution in [0.3, 0.4) is 0 Å². The van der Waals surface area contributed by atoms with Crippen LogP contribution in [-0.2, 0) is 0 Å². The molecule has 0 heterocycles. The lowest BCUT2D eigenvalue weighted by Crippen LogP contribution is -2.36. The number of hydrogen-bond donors (Lipinski definition) is 3. The lowest BCUT2D eigenvalue weighted by Gasteiger charge is -2.27. The Balaban J connectivity index is 0.00000242. The molecule has 2 atom stereocenters. The van der Waals surface area contributed by atoms with Gasteiger partial charge in [-0.05, 0) is 18.9 Å². The number of halogens is 2. The molecule has 22 heavy (non-hydrogen) atoms. The largest absolute Gasteiger partial charge is 0.496 e. The van der Waals surface area contributed by atoms with Crippen molar-refractivity contribution < 1.29 is 14.6 Å². The molecule has 1 saturated carbocycles. The smallest absolute Gasteiger partial charge is 0.255 e. The summed E-state index contributed by atoms with van der Waals surface area (Å²) in [6.45, 7) is 0.450. The molecule has 2 unspecified atom stereocenters. The number of nitrogens with two attached hydrogens (primary N) is 1. The Morgan fingerprint density at radius 2 is 2.14 bits per heavy atom. The van der Waals surface area contributed by atoms with Crippen molar-refractivity contribution in [1.29, 1.82) is 0 Å². The minimum atomic E-state index is -0.337. The number of benzene rings is 1. The van der Waals surface area contributed by atoms with Crippen molar-refractivity contribution in [2.24, 2.45) is 5.92 Å². The van der Waals surface area contributed by atoms with Crippen molar-refractivity contribution in [3.8, 4) is 5.75 Å². The monoisotopic (exact) mass is 348 g/mol. The quantitative estimate of drug-likeness (QED) is 0.730. The van der Waals surface area contributed by atoms with Crippen molar-refractivity contribution in [3.63, 3.8) is 0 Å². The highest BCUT2D eigenvalue weighted by Gasteiger charge is 2.24. The molecule has 1 aliphatic rings. The molecule has 1 fully saturated rings. The SMILES string of the molecule is COc1cc(N)c(Cl)cc1C(=O)NCC1CCCCC1O.Cl. The summed E-state index contributed by atoms with van der Waals surface area (Å²) in [4.78, 5) is 12.3. The summed E-state index contributed by atoms with van der Waals surface area (Å²) in [5.74, 6) is 0.225. The van der Waals surface area contributed by atoms with Gasteiger partial charge in [-0.15, -0.1) is 12.4 Å². The summed E-state index contributed by atoms with van der Waals surface area (Å²) in [5, 5.41) is 13.1. The normalized spacial score (nSPS) is 20.9. The average Bonchev–Trinajstić information content (AvgIpc) is 2.48. The Kier molecular flexibility index (Phi) is 7.26. The van der Waals surface area contributed by atoms with E-state index in [1.54, 1.807) is 0 Å². The number of aliphatic hydroxyl groups excluding tert-OH is 1. The highest BCUT2D eigenvalue weighted by atomic mass is 35.5. The number of amides is 1. The zero-order valence-corrected chi connectivity index (χ0v) is 14.0. The summed E-state index contributed by atoms with van der Waals surface area (Å²) < 4.78 is 5.17. The molecule has 7 heteroatoms. The van der Waals surface area contributed by atoms with Crippen LogP contribution >= 0.6 is 24.0 Å². The number of methoxy groups -OCH3 is 1. The summed E-state index contributed by atoms with van der Waals surface area (Å²) in [6.07, 6.45) is 3.54. The molecule has 5 nitrogen and oxygen atoms in total.